The Labute approximate surface area is 241 Å². The lowest BCUT2D eigenvalue weighted by Gasteiger charge is -2.07. The van der Waals surface area contributed by atoms with E-state index in [1.165, 1.54) is 18.3 Å². The first-order valence-electron chi connectivity index (χ1n) is 14.3. The SMILES string of the molecule is CCC1=C(C)C2=NC1=CC1=NC(=Cc3[nH]c(/c(=C(/C)O)c3C)=CC3=NC(=C2)C(CC)=C3C)C(C)=C1CCC(=O)OC. The van der Waals surface area contributed by atoms with Crippen LogP contribution in [0.15, 0.2) is 77.7 Å². The fraction of sp³-hybridized carbons (Fsp3) is 0.353. The van der Waals surface area contributed by atoms with Crippen LogP contribution in [0, 0.1) is 6.92 Å². The van der Waals surface area contributed by atoms with Crippen molar-refractivity contribution < 1.29 is 14.6 Å². The van der Waals surface area contributed by atoms with Crippen molar-refractivity contribution in [3.8, 4) is 0 Å². The number of esters is 1. The zero-order valence-electron chi connectivity index (χ0n) is 25.2. The average Bonchev–Trinajstić information content (AvgIpc) is 3.60. The largest absolute Gasteiger partial charge is 0.512 e. The van der Waals surface area contributed by atoms with Crippen LogP contribution in [0.4, 0.5) is 0 Å². The topological polar surface area (TPSA) is 99.4 Å². The summed E-state index contributed by atoms with van der Waals surface area (Å²) >= 11 is 0. The Kier molecular flexibility index (Phi) is 7.56. The van der Waals surface area contributed by atoms with E-state index in [9.17, 15) is 9.90 Å². The normalized spacial score (nSPS) is 19.0. The monoisotopic (exact) mass is 550 g/mol. The number of methoxy groups -OCH3 is 1. The molecule has 0 saturated heterocycles. The molecule has 0 aliphatic carbocycles. The van der Waals surface area contributed by atoms with E-state index in [1.807, 2.05) is 26.0 Å². The van der Waals surface area contributed by atoms with Crippen molar-refractivity contribution in [2.75, 3.05) is 7.11 Å². The summed E-state index contributed by atoms with van der Waals surface area (Å²) in [6.45, 7) is 14.3. The number of hydrogen-bond donors (Lipinski definition) is 2. The molecule has 4 aliphatic heterocycles. The third kappa shape index (κ3) is 4.94. The molecular formula is C34H38N4O3. The van der Waals surface area contributed by atoms with Crippen LogP contribution in [-0.2, 0) is 9.53 Å². The molecule has 0 spiro atoms. The summed E-state index contributed by atoms with van der Waals surface area (Å²) < 4.78 is 4.93. The number of aromatic amines is 1. The maximum absolute atomic E-state index is 12.1. The maximum atomic E-state index is 12.1. The van der Waals surface area contributed by atoms with E-state index >= 15 is 0 Å². The molecule has 5 rings (SSSR count). The lowest BCUT2D eigenvalue weighted by molar-refractivity contribution is -0.140. The minimum atomic E-state index is -0.253. The van der Waals surface area contributed by atoms with Crippen LogP contribution < -0.4 is 10.6 Å². The first-order chi connectivity index (χ1) is 19.6. The highest BCUT2D eigenvalue weighted by molar-refractivity contribution is 6.24. The number of hydrogen-bond acceptors (Lipinski definition) is 6. The Morgan fingerprint density at radius 2 is 1.37 bits per heavy atom. The molecule has 0 aromatic carbocycles. The molecule has 41 heavy (non-hydrogen) atoms. The third-order valence-electron chi connectivity index (χ3n) is 8.46. The first-order valence-corrected chi connectivity index (χ1v) is 14.3. The number of nitrogens with one attached hydrogen (secondary N) is 1. The van der Waals surface area contributed by atoms with Gasteiger partial charge in [-0.2, -0.15) is 0 Å². The van der Waals surface area contributed by atoms with E-state index in [1.54, 1.807) is 6.92 Å². The van der Waals surface area contributed by atoms with E-state index in [4.69, 9.17) is 19.7 Å². The molecule has 4 aliphatic rings. The Bertz CT molecular complexity index is 1790. The van der Waals surface area contributed by atoms with E-state index < -0.39 is 0 Å². The lowest BCUT2D eigenvalue weighted by Crippen LogP contribution is -2.27. The molecule has 0 unspecified atom stereocenters. The fourth-order valence-corrected chi connectivity index (χ4v) is 6.09. The van der Waals surface area contributed by atoms with Gasteiger partial charge in [0.2, 0.25) is 0 Å². The number of aromatic nitrogens is 1. The number of aliphatic imine (C=N–C) groups is 3. The van der Waals surface area contributed by atoms with Gasteiger partial charge in [0.15, 0.2) is 0 Å². The van der Waals surface area contributed by atoms with Gasteiger partial charge in [0.25, 0.3) is 0 Å². The van der Waals surface area contributed by atoms with Gasteiger partial charge >= 0.3 is 5.97 Å². The molecule has 1 aromatic heterocycles. The number of aliphatic hydroxyl groups excluding tert-OH is 1. The van der Waals surface area contributed by atoms with Crippen LogP contribution in [0.2, 0.25) is 0 Å². The molecule has 5 heterocycles. The molecule has 7 heteroatoms. The van der Waals surface area contributed by atoms with Crippen molar-refractivity contribution in [2.24, 2.45) is 15.0 Å². The second-order valence-electron chi connectivity index (χ2n) is 10.9. The molecule has 0 atom stereocenters. The van der Waals surface area contributed by atoms with Gasteiger partial charge in [0, 0.05) is 17.3 Å². The Morgan fingerprint density at radius 1 is 0.805 bits per heavy atom. The van der Waals surface area contributed by atoms with Gasteiger partial charge in [-0.05, 0) is 117 Å². The Hall–Kier alpha value is -4.26. The highest BCUT2D eigenvalue weighted by Gasteiger charge is 2.26. The zero-order valence-corrected chi connectivity index (χ0v) is 25.2. The highest BCUT2D eigenvalue weighted by atomic mass is 16.5. The van der Waals surface area contributed by atoms with Crippen molar-refractivity contribution in [1.29, 1.82) is 0 Å². The molecule has 8 bridgehead atoms. The molecular weight excluding hydrogens is 512 g/mol. The molecule has 1 aromatic rings. The summed E-state index contributed by atoms with van der Waals surface area (Å²) in [6.07, 6.45) is 10.7. The summed E-state index contributed by atoms with van der Waals surface area (Å²) in [6, 6.07) is 0. The van der Waals surface area contributed by atoms with Gasteiger partial charge in [0.05, 0.1) is 52.4 Å². The minimum Gasteiger partial charge on any atom is -0.512 e. The second-order valence-corrected chi connectivity index (χ2v) is 10.9. The number of H-pyrrole nitrogens is 1. The van der Waals surface area contributed by atoms with Crippen molar-refractivity contribution in [1.82, 2.24) is 4.98 Å². The Morgan fingerprint density at radius 3 is 1.93 bits per heavy atom. The lowest BCUT2D eigenvalue weighted by atomic mass is 9.97. The van der Waals surface area contributed by atoms with Crippen molar-refractivity contribution in [3.63, 3.8) is 0 Å². The van der Waals surface area contributed by atoms with Crippen LogP contribution in [-0.4, -0.2) is 40.3 Å². The van der Waals surface area contributed by atoms with E-state index in [0.29, 0.717) is 6.42 Å². The van der Waals surface area contributed by atoms with Gasteiger partial charge in [-0.3, -0.25) is 4.79 Å². The molecule has 0 saturated carbocycles. The van der Waals surface area contributed by atoms with Gasteiger partial charge < -0.3 is 14.8 Å². The minimum absolute atomic E-state index is 0.241. The van der Waals surface area contributed by atoms with Crippen LogP contribution in [0.1, 0.15) is 78.5 Å². The van der Waals surface area contributed by atoms with Crippen LogP contribution in [0.3, 0.4) is 0 Å². The molecule has 0 fully saturated rings. The Balaban J connectivity index is 1.83. The number of nitrogens with zero attached hydrogens (tertiary/aromatic N) is 3. The summed E-state index contributed by atoms with van der Waals surface area (Å²) in [5, 5.41) is 12.3. The number of ether oxygens (including phenoxy) is 1. The highest BCUT2D eigenvalue weighted by Crippen LogP contribution is 2.36. The number of fused-ring (bicyclic) bond motifs is 5. The van der Waals surface area contributed by atoms with E-state index in [-0.39, 0.29) is 18.1 Å². The summed E-state index contributed by atoms with van der Waals surface area (Å²) in [5.74, 6) is -0.0125. The van der Waals surface area contributed by atoms with Gasteiger partial charge in [-0.15, -0.1) is 0 Å². The van der Waals surface area contributed by atoms with E-state index in [0.717, 1.165) is 91.2 Å². The molecule has 0 radical (unpaired) electrons. The smallest absolute Gasteiger partial charge is 0.305 e. The molecule has 7 nitrogen and oxygen atoms in total. The quantitative estimate of drug-likeness (QED) is 0.440. The number of carbonyl (C=O) groups is 1. The number of aliphatic hydroxyl groups is 1. The molecule has 212 valence electrons. The molecule has 0 amide bonds. The average molecular weight is 551 g/mol. The fourth-order valence-electron chi connectivity index (χ4n) is 6.09. The predicted octanol–water partition coefficient (Wildman–Crippen LogP) is 6.00. The summed E-state index contributed by atoms with van der Waals surface area (Å²) in [4.78, 5) is 30.8. The number of carbonyl (C=O) groups excluding carboxylic acids is 1. The predicted molar refractivity (Wildman–Crippen MR) is 167 cm³/mol. The van der Waals surface area contributed by atoms with Crippen LogP contribution >= 0.6 is 0 Å². The van der Waals surface area contributed by atoms with Gasteiger partial charge in [0.1, 0.15) is 0 Å². The van der Waals surface area contributed by atoms with Crippen molar-refractivity contribution in [3.05, 3.63) is 84.5 Å². The third-order valence-corrected chi connectivity index (χ3v) is 8.46. The van der Waals surface area contributed by atoms with Crippen LogP contribution in [0.5, 0.6) is 0 Å². The van der Waals surface area contributed by atoms with E-state index in [2.05, 4.69) is 44.8 Å². The second kappa shape index (κ2) is 11.0. The zero-order chi connectivity index (χ0) is 29.6. The molecule has 2 N–H and O–H groups in total. The standard InChI is InChI=1S/C34H38N4O3/c1-9-22-18(4)27-15-32-34(21(7)39)20(6)28(38-32)13-25-19(5)24(11-12-33(40)41-8)31(37-25)16-30-23(10-2)17(3)26(35-30)14-29(22)36-27/h13-16,38-39H,9-12H2,1-8H3/b25-13?,29-14?,30-16?,32-15?,34-21-. The number of rotatable bonds is 5. The van der Waals surface area contributed by atoms with Gasteiger partial charge in [-0.25, -0.2) is 15.0 Å². The summed E-state index contributed by atoms with van der Waals surface area (Å²) in [7, 11) is 1.41. The van der Waals surface area contributed by atoms with Gasteiger partial charge in [-0.1, -0.05) is 13.8 Å². The van der Waals surface area contributed by atoms with Crippen LogP contribution in [0.25, 0.3) is 17.9 Å². The summed E-state index contributed by atoms with van der Waals surface area (Å²) in [5.41, 5.74) is 13.7. The van der Waals surface area contributed by atoms with Crippen molar-refractivity contribution >= 4 is 41.0 Å². The maximum Gasteiger partial charge on any atom is 0.305 e. The first kappa shape index (κ1) is 28.3. The van der Waals surface area contributed by atoms with Crippen molar-refractivity contribution in [2.45, 2.75) is 74.1 Å². The number of allylic oxidation sites excluding steroid dienone is 8.